The third-order valence-electron chi connectivity index (χ3n) is 5.11. The van der Waals surface area contributed by atoms with Crippen LogP contribution in [0.4, 0.5) is 0 Å². The van der Waals surface area contributed by atoms with Crippen LogP contribution in [0.3, 0.4) is 0 Å². The lowest BCUT2D eigenvalue weighted by atomic mass is 10.1. The smallest absolute Gasteiger partial charge is 0.253 e. The summed E-state index contributed by atoms with van der Waals surface area (Å²) in [6, 6.07) is 10.5. The summed E-state index contributed by atoms with van der Waals surface area (Å²) in [5.74, 6) is 0.166. The summed E-state index contributed by atoms with van der Waals surface area (Å²) in [5, 5.41) is 7.85. The number of carbonyl (C=O) groups excluding carboxylic acids is 1. The minimum absolute atomic E-state index is 0.166. The number of hydrogen-bond donors (Lipinski definition) is 1. The van der Waals surface area contributed by atoms with E-state index in [0.717, 1.165) is 43.6 Å². The van der Waals surface area contributed by atoms with Crippen LogP contribution in [-0.2, 0) is 6.54 Å². The lowest BCUT2D eigenvalue weighted by Gasteiger charge is -2.27. The predicted molar refractivity (Wildman–Crippen MR) is 99.4 cm³/mol. The Kier molecular flexibility index (Phi) is 5.87. The van der Waals surface area contributed by atoms with Crippen molar-refractivity contribution < 1.29 is 4.79 Å². The molecule has 0 unspecified atom stereocenters. The van der Waals surface area contributed by atoms with Gasteiger partial charge in [-0.25, -0.2) is 0 Å². The Labute approximate surface area is 150 Å². The number of nitrogens with zero attached hydrogens (tertiary/aromatic N) is 3. The number of aromatic nitrogens is 2. The Bertz CT molecular complexity index is 677. The van der Waals surface area contributed by atoms with E-state index in [4.69, 9.17) is 0 Å². The van der Waals surface area contributed by atoms with Gasteiger partial charge in [0.15, 0.2) is 0 Å². The van der Waals surface area contributed by atoms with Crippen LogP contribution in [0.15, 0.2) is 42.7 Å². The summed E-state index contributed by atoms with van der Waals surface area (Å²) in [5.41, 5.74) is 1.94. The first-order valence-electron chi connectivity index (χ1n) is 9.26. The Morgan fingerprint density at radius 2 is 2.00 bits per heavy atom. The highest BCUT2D eigenvalue weighted by atomic mass is 16.2. The monoisotopic (exact) mass is 340 g/mol. The van der Waals surface area contributed by atoms with Crippen molar-refractivity contribution in [3.05, 3.63) is 53.9 Å². The van der Waals surface area contributed by atoms with Crippen molar-refractivity contribution in [1.82, 2.24) is 20.0 Å². The summed E-state index contributed by atoms with van der Waals surface area (Å²) in [6.07, 6.45) is 7.27. The number of rotatable bonds is 6. The molecule has 1 aromatic heterocycles. The van der Waals surface area contributed by atoms with Crippen LogP contribution >= 0.6 is 0 Å². The average molecular weight is 340 g/mol. The van der Waals surface area contributed by atoms with E-state index in [1.807, 2.05) is 40.0 Å². The fourth-order valence-electron chi connectivity index (χ4n) is 3.29. The lowest BCUT2D eigenvalue weighted by molar-refractivity contribution is 0.0724. The molecule has 2 atom stereocenters. The SMILES string of the molecule is C[C@H](NCc1cccc(C(=O)N2CCCCC2)c1)[C@H](C)n1cccn1. The number of hydrogen-bond acceptors (Lipinski definition) is 3. The van der Waals surface area contributed by atoms with Crippen LogP contribution in [-0.4, -0.2) is 39.7 Å². The van der Waals surface area contributed by atoms with E-state index in [9.17, 15) is 4.79 Å². The fourth-order valence-corrected chi connectivity index (χ4v) is 3.29. The van der Waals surface area contributed by atoms with Crippen molar-refractivity contribution in [3.63, 3.8) is 0 Å². The molecule has 1 amide bonds. The summed E-state index contributed by atoms with van der Waals surface area (Å²) in [4.78, 5) is 14.6. The Hall–Kier alpha value is -2.14. The zero-order valence-corrected chi connectivity index (χ0v) is 15.2. The highest BCUT2D eigenvalue weighted by Gasteiger charge is 2.18. The molecule has 134 valence electrons. The van der Waals surface area contributed by atoms with Crippen LogP contribution in [0.1, 0.15) is 55.1 Å². The van der Waals surface area contributed by atoms with Crippen molar-refractivity contribution in [3.8, 4) is 0 Å². The van der Waals surface area contributed by atoms with Crippen LogP contribution in [0.5, 0.6) is 0 Å². The van der Waals surface area contributed by atoms with Gasteiger partial charge >= 0.3 is 0 Å². The molecule has 5 heteroatoms. The predicted octanol–water partition coefficient (Wildman–Crippen LogP) is 3.25. The summed E-state index contributed by atoms with van der Waals surface area (Å²) in [7, 11) is 0. The number of amides is 1. The molecule has 1 fully saturated rings. The van der Waals surface area contributed by atoms with Crippen molar-refractivity contribution in [2.45, 2.75) is 51.7 Å². The molecule has 0 bridgehead atoms. The van der Waals surface area contributed by atoms with E-state index in [1.165, 1.54) is 6.42 Å². The normalized spacial score (nSPS) is 17.3. The zero-order chi connectivity index (χ0) is 17.6. The molecule has 1 aromatic carbocycles. The first-order valence-corrected chi connectivity index (χ1v) is 9.26. The first kappa shape index (κ1) is 17.7. The molecule has 1 saturated heterocycles. The van der Waals surface area contributed by atoms with Gasteiger partial charge in [-0.05, 0) is 56.9 Å². The van der Waals surface area contributed by atoms with E-state index >= 15 is 0 Å². The third kappa shape index (κ3) is 4.48. The summed E-state index contributed by atoms with van der Waals surface area (Å²) in [6.45, 7) is 6.84. The maximum absolute atomic E-state index is 12.6. The van der Waals surface area contributed by atoms with Gasteiger partial charge < -0.3 is 10.2 Å². The van der Waals surface area contributed by atoms with Gasteiger partial charge in [-0.15, -0.1) is 0 Å². The fraction of sp³-hybridized carbons (Fsp3) is 0.500. The van der Waals surface area contributed by atoms with Gasteiger partial charge in [-0.1, -0.05) is 12.1 Å². The van der Waals surface area contributed by atoms with Gasteiger partial charge in [-0.3, -0.25) is 9.48 Å². The van der Waals surface area contributed by atoms with E-state index in [-0.39, 0.29) is 18.0 Å². The lowest BCUT2D eigenvalue weighted by Crippen LogP contribution is -2.36. The van der Waals surface area contributed by atoms with Gasteiger partial charge in [0, 0.05) is 43.6 Å². The minimum atomic E-state index is 0.166. The van der Waals surface area contributed by atoms with Crippen LogP contribution in [0.25, 0.3) is 0 Å². The summed E-state index contributed by atoms with van der Waals surface area (Å²) >= 11 is 0. The third-order valence-corrected chi connectivity index (χ3v) is 5.11. The van der Waals surface area contributed by atoms with Crippen LogP contribution < -0.4 is 5.32 Å². The van der Waals surface area contributed by atoms with E-state index in [0.29, 0.717) is 0 Å². The van der Waals surface area contributed by atoms with E-state index in [2.05, 4.69) is 30.3 Å². The molecule has 0 spiro atoms. The molecule has 25 heavy (non-hydrogen) atoms. The summed E-state index contributed by atoms with van der Waals surface area (Å²) < 4.78 is 1.97. The maximum Gasteiger partial charge on any atom is 0.253 e. The highest BCUT2D eigenvalue weighted by Crippen LogP contribution is 2.15. The molecule has 0 saturated carbocycles. The maximum atomic E-state index is 12.6. The molecule has 2 aromatic rings. The Balaban J connectivity index is 1.58. The van der Waals surface area contributed by atoms with Gasteiger partial charge in [0.1, 0.15) is 0 Å². The molecule has 1 N–H and O–H groups in total. The second kappa shape index (κ2) is 8.30. The number of piperidine rings is 1. The Morgan fingerprint density at radius 3 is 2.72 bits per heavy atom. The number of carbonyl (C=O) groups is 1. The van der Waals surface area contributed by atoms with Crippen LogP contribution in [0, 0.1) is 0 Å². The number of likely N-dealkylation sites (tertiary alicyclic amines) is 1. The molecule has 1 aliphatic rings. The van der Waals surface area contributed by atoms with Crippen molar-refractivity contribution in [2.75, 3.05) is 13.1 Å². The number of nitrogens with one attached hydrogen (secondary N) is 1. The van der Waals surface area contributed by atoms with Gasteiger partial charge in [0.05, 0.1) is 6.04 Å². The van der Waals surface area contributed by atoms with Crippen LogP contribution in [0.2, 0.25) is 0 Å². The standard InChI is InChI=1S/C20H28N4O/c1-16(17(2)24-13-7-10-22-24)21-15-18-8-6-9-19(14-18)20(25)23-11-4-3-5-12-23/h6-10,13-14,16-17,21H,3-5,11-12,15H2,1-2H3/t16-,17-/m0/s1. The molecule has 1 aliphatic heterocycles. The van der Waals surface area contributed by atoms with E-state index in [1.54, 1.807) is 6.20 Å². The second-order valence-electron chi connectivity index (χ2n) is 6.95. The van der Waals surface area contributed by atoms with Gasteiger partial charge in [-0.2, -0.15) is 5.10 Å². The topological polar surface area (TPSA) is 50.2 Å². The van der Waals surface area contributed by atoms with Crippen molar-refractivity contribution in [1.29, 1.82) is 0 Å². The second-order valence-corrected chi connectivity index (χ2v) is 6.95. The van der Waals surface area contributed by atoms with Gasteiger partial charge in [0.25, 0.3) is 5.91 Å². The zero-order valence-electron chi connectivity index (χ0n) is 15.2. The van der Waals surface area contributed by atoms with E-state index < -0.39 is 0 Å². The Morgan fingerprint density at radius 1 is 1.20 bits per heavy atom. The highest BCUT2D eigenvalue weighted by molar-refractivity contribution is 5.94. The molecular formula is C20H28N4O. The largest absolute Gasteiger partial charge is 0.339 e. The quantitative estimate of drug-likeness (QED) is 0.878. The van der Waals surface area contributed by atoms with Gasteiger partial charge in [0.2, 0.25) is 0 Å². The molecule has 2 heterocycles. The minimum Gasteiger partial charge on any atom is -0.339 e. The molecule has 3 rings (SSSR count). The molecule has 0 aliphatic carbocycles. The first-order chi connectivity index (χ1) is 12.1. The average Bonchev–Trinajstić information content (AvgIpc) is 3.20. The van der Waals surface area contributed by atoms with Crippen molar-refractivity contribution in [2.24, 2.45) is 0 Å². The molecular weight excluding hydrogens is 312 g/mol. The number of benzene rings is 1. The van der Waals surface area contributed by atoms with Crippen molar-refractivity contribution >= 4 is 5.91 Å². The molecule has 0 radical (unpaired) electrons. The molecule has 5 nitrogen and oxygen atoms in total.